The van der Waals surface area contributed by atoms with E-state index in [4.69, 9.17) is 0 Å². The maximum absolute atomic E-state index is 12.2. The fourth-order valence-electron chi connectivity index (χ4n) is 2.34. The molecule has 2 N–H and O–H groups in total. The van der Waals surface area contributed by atoms with Gasteiger partial charge < -0.3 is 10.6 Å². The molecule has 4 heteroatoms. The summed E-state index contributed by atoms with van der Waals surface area (Å²) in [6.45, 7) is 6.43. The van der Waals surface area contributed by atoms with Crippen LogP contribution in [-0.4, -0.2) is 24.0 Å². The van der Waals surface area contributed by atoms with E-state index in [1.807, 2.05) is 26.1 Å². The Balaban J connectivity index is 1.94. The van der Waals surface area contributed by atoms with Crippen LogP contribution in [0.5, 0.6) is 0 Å². The summed E-state index contributed by atoms with van der Waals surface area (Å²) in [5.74, 6) is 0.144. The Hall–Kier alpha value is -1.42. The number of hydrogen-bond acceptors (Lipinski definition) is 3. The summed E-state index contributed by atoms with van der Waals surface area (Å²) in [4.78, 5) is 16.3. The summed E-state index contributed by atoms with van der Waals surface area (Å²) in [5, 5.41) is 6.34. The molecule has 0 radical (unpaired) electrons. The van der Waals surface area contributed by atoms with Gasteiger partial charge in [0.15, 0.2) is 0 Å². The van der Waals surface area contributed by atoms with Crippen molar-refractivity contribution in [3.05, 3.63) is 29.6 Å². The van der Waals surface area contributed by atoms with Gasteiger partial charge in [0.1, 0.15) is 0 Å². The van der Waals surface area contributed by atoms with Gasteiger partial charge in [0.05, 0.1) is 5.41 Å². The van der Waals surface area contributed by atoms with Gasteiger partial charge in [-0.1, -0.05) is 0 Å². The lowest BCUT2D eigenvalue weighted by Gasteiger charge is -2.32. The van der Waals surface area contributed by atoms with Crippen LogP contribution >= 0.6 is 0 Å². The van der Waals surface area contributed by atoms with Gasteiger partial charge in [-0.2, -0.15) is 0 Å². The summed E-state index contributed by atoms with van der Waals surface area (Å²) in [6.07, 6.45) is 5.61. The van der Waals surface area contributed by atoms with Crippen LogP contribution < -0.4 is 10.6 Å². The average molecular weight is 247 g/mol. The number of piperidine rings is 1. The minimum atomic E-state index is -0.265. The highest BCUT2D eigenvalue weighted by molar-refractivity contribution is 5.82. The van der Waals surface area contributed by atoms with E-state index in [0.717, 1.165) is 37.1 Å². The number of pyridine rings is 1. The van der Waals surface area contributed by atoms with E-state index in [9.17, 15) is 4.79 Å². The zero-order chi connectivity index (χ0) is 13.0. The highest BCUT2D eigenvalue weighted by Crippen LogP contribution is 2.25. The Morgan fingerprint density at radius 3 is 3.11 bits per heavy atom. The van der Waals surface area contributed by atoms with Gasteiger partial charge in [-0.05, 0) is 50.4 Å². The summed E-state index contributed by atoms with van der Waals surface area (Å²) in [6, 6.07) is 1.96. The molecule has 0 aliphatic carbocycles. The van der Waals surface area contributed by atoms with E-state index in [1.165, 1.54) is 0 Å². The molecule has 1 aliphatic rings. The van der Waals surface area contributed by atoms with E-state index < -0.39 is 0 Å². The second-order valence-corrected chi connectivity index (χ2v) is 5.33. The van der Waals surface area contributed by atoms with Crippen LogP contribution in [0.25, 0.3) is 0 Å². The molecule has 4 nitrogen and oxygen atoms in total. The smallest absolute Gasteiger partial charge is 0.227 e. The maximum Gasteiger partial charge on any atom is 0.227 e. The Labute approximate surface area is 108 Å². The van der Waals surface area contributed by atoms with Crippen LogP contribution in [0.3, 0.4) is 0 Å². The monoisotopic (exact) mass is 247 g/mol. The minimum Gasteiger partial charge on any atom is -0.351 e. The number of rotatable bonds is 3. The average Bonchev–Trinajstić information content (AvgIpc) is 2.38. The van der Waals surface area contributed by atoms with E-state index in [2.05, 4.69) is 15.6 Å². The number of carbonyl (C=O) groups is 1. The third-order valence-corrected chi connectivity index (χ3v) is 3.72. The topological polar surface area (TPSA) is 54.0 Å². The first kappa shape index (κ1) is 13.0. The molecule has 0 aromatic carbocycles. The van der Waals surface area contributed by atoms with Crippen molar-refractivity contribution >= 4 is 5.91 Å². The number of amides is 1. The lowest BCUT2D eigenvalue weighted by Crippen LogP contribution is -2.48. The number of aryl methyl sites for hydroxylation is 1. The molecule has 98 valence electrons. The van der Waals surface area contributed by atoms with Crippen LogP contribution in [0.1, 0.15) is 30.9 Å². The van der Waals surface area contributed by atoms with Crippen LogP contribution in [-0.2, 0) is 11.3 Å². The molecule has 1 atom stereocenters. The van der Waals surface area contributed by atoms with Crippen LogP contribution in [0.4, 0.5) is 0 Å². The molecule has 1 fully saturated rings. The molecular weight excluding hydrogens is 226 g/mol. The Morgan fingerprint density at radius 1 is 1.61 bits per heavy atom. The SMILES string of the molecule is Cc1cnccc1CNC(=O)C1(C)CCCNC1. The van der Waals surface area contributed by atoms with Gasteiger partial charge in [-0.3, -0.25) is 9.78 Å². The van der Waals surface area contributed by atoms with E-state index >= 15 is 0 Å². The molecule has 1 unspecified atom stereocenters. The Morgan fingerprint density at radius 2 is 2.44 bits per heavy atom. The predicted molar refractivity (Wildman–Crippen MR) is 71.0 cm³/mol. The summed E-state index contributed by atoms with van der Waals surface area (Å²) in [7, 11) is 0. The van der Waals surface area contributed by atoms with Gasteiger partial charge in [-0.15, -0.1) is 0 Å². The summed E-state index contributed by atoms with van der Waals surface area (Å²) >= 11 is 0. The Kier molecular flexibility index (Phi) is 3.97. The number of aromatic nitrogens is 1. The van der Waals surface area contributed by atoms with Crippen LogP contribution in [0.2, 0.25) is 0 Å². The third-order valence-electron chi connectivity index (χ3n) is 3.72. The fourth-order valence-corrected chi connectivity index (χ4v) is 2.34. The molecule has 2 rings (SSSR count). The van der Waals surface area contributed by atoms with Gasteiger partial charge in [0.2, 0.25) is 5.91 Å². The third kappa shape index (κ3) is 2.88. The number of carbonyl (C=O) groups excluding carboxylic acids is 1. The quantitative estimate of drug-likeness (QED) is 0.849. The zero-order valence-electron chi connectivity index (χ0n) is 11.1. The van der Waals surface area contributed by atoms with Gasteiger partial charge >= 0.3 is 0 Å². The second-order valence-electron chi connectivity index (χ2n) is 5.33. The standard InChI is InChI=1S/C14H21N3O/c1-11-8-15-7-4-12(11)9-17-13(18)14(2)5-3-6-16-10-14/h4,7-8,16H,3,5-6,9-10H2,1-2H3,(H,17,18). The largest absolute Gasteiger partial charge is 0.351 e. The first-order valence-electron chi connectivity index (χ1n) is 6.50. The molecule has 0 bridgehead atoms. The summed E-state index contributed by atoms with van der Waals surface area (Å²) < 4.78 is 0. The maximum atomic E-state index is 12.2. The number of nitrogens with one attached hydrogen (secondary N) is 2. The molecule has 0 saturated carbocycles. The molecule has 1 saturated heterocycles. The van der Waals surface area contributed by atoms with E-state index in [-0.39, 0.29) is 11.3 Å². The normalized spacial score (nSPS) is 23.7. The van der Waals surface area contributed by atoms with Gasteiger partial charge in [0, 0.05) is 25.5 Å². The highest BCUT2D eigenvalue weighted by atomic mass is 16.2. The zero-order valence-corrected chi connectivity index (χ0v) is 11.1. The van der Waals surface area contributed by atoms with E-state index in [1.54, 1.807) is 6.20 Å². The van der Waals surface area contributed by atoms with Crippen molar-refractivity contribution in [3.63, 3.8) is 0 Å². The van der Waals surface area contributed by atoms with Crippen molar-refractivity contribution in [2.45, 2.75) is 33.2 Å². The lowest BCUT2D eigenvalue weighted by molar-refractivity contribution is -0.131. The van der Waals surface area contributed by atoms with Crippen LogP contribution in [0, 0.1) is 12.3 Å². The van der Waals surface area contributed by atoms with Crippen molar-refractivity contribution in [2.75, 3.05) is 13.1 Å². The van der Waals surface area contributed by atoms with E-state index in [0.29, 0.717) is 6.54 Å². The second kappa shape index (κ2) is 5.48. The molecule has 0 spiro atoms. The number of nitrogens with zero attached hydrogens (tertiary/aromatic N) is 1. The van der Waals surface area contributed by atoms with Crippen LogP contribution in [0.15, 0.2) is 18.5 Å². The Bertz CT molecular complexity index is 425. The summed E-state index contributed by atoms with van der Waals surface area (Å²) in [5.41, 5.74) is 1.98. The van der Waals surface area contributed by atoms with Crippen molar-refractivity contribution in [1.82, 2.24) is 15.6 Å². The lowest BCUT2D eigenvalue weighted by atomic mass is 9.82. The molecule has 1 aliphatic heterocycles. The molecular formula is C14H21N3O. The van der Waals surface area contributed by atoms with Crippen molar-refractivity contribution in [3.8, 4) is 0 Å². The molecule has 2 heterocycles. The first-order chi connectivity index (χ1) is 8.62. The molecule has 18 heavy (non-hydrogen) atoms. The minimum absolute atomic E-state index is 0.144. The molecule has 1 amide bonds. The van der Waals surface area contributed by atoms with Crippen molar-refractivity contribution in [1.29, 1.82) is 0 Å². The van der Waals surface area contributed by atoms with Crippen molar-refractivity contribution < 1.29 is 4.79 Å². The predicted octanol–water partition coefficient (Wildman–Crippen LogP) is 1.40. The van der Waals surface area contributed by atoms with Gasteiger partial charge in [0.25, 0.3) is 0 Å². The fraction of sp³-hybridized carbons (Fsp3) is 0.571. The molecule has 1 aromatic heterocycles. The number of hydrogen-bond donors (Lipinski definition) is 2. The highest BCUT2D eigenvalue weighted by Gasteiger charge is 2.34. The first-order valence-corrected chi connectivity index (χ1v) is 6.50. The van der Waals surface area contributed by atoms with Crippen molar-refractivity contribution in [2.24, 2.45) is 5.41 Å². The van der Waals surface area contributed by atoms with Gasteiger partial charge in [-0.25, -0.2) is 0 Å². The molecule has 1 aromatic rings.